The van der Waals surface area contributed by atoms with Crippen LogP contribution in [0.1, 0.15) is 18.4 Å². The zero-order valence-corrected chi connectivity index (χ0v) is 10.1. The van der Waals surface area contributed by atoms with E-state index in [1.807, 2.05) is 18.2 Å². The molecular weight excluding hydrogens is 222 g/mol. The monoisotopic (exact) mass is 237 g/mol. The van der Waals surface area contributed by atoms with Gasteiger partial charge in [-0.1, -0.05) is 23.8 Å². The summed E-state index contributed by atoms with van der Waals surface area (Å²) in [5.74, 6) is 0.874. The molecule has 86 valence electrons. The number of hydrogen-bond donors (Lipinski definition) is 1. The molecule has 0 amide bonds. The maximum Gasteiger partial charge on any atom is 0.122 e. The molecule has 0 fully saturated rings. The van der Waals surface area contributed by atoms with E-state index in [0.717, 1.165) is 29.2 Å². The van der Waals surface area contributed by atoms with Crippen LogP contribution in [0.15, 0.2) is 30.4 Å². The van der Waals surface area contributed by atoms with Crippen molar-refractivity contribution in [1.29, 1.82) is 0 Å². The molecule has 1 aromatic carbocycles. The third-order valence-electron chi connectivity index (χ3n) is 3.31. The Hall–Kier alpha value is -0.990. The van der Waals surface area contributed by atoms with E-state index >= 15 is 0 Å². The van der Waals surface area contributed by atoms with Gasteiger partial charge in [0.2, 0.25) is 0 Å². The molecule has 2 nitrogen and oxygen atoms in total. The van der Waals surface area contributed by atoms with E-state index in [1.54, 1.807) is 7.11 Å². The van der Waals surface area contributed by atoms with Crippen molar-refractivity contribution in [3.8, 4) is 5.75 Å². The Morgan fingerprint density at radius 2 is 2.06 bits per heavy atom. The van der Waals surface area contributed by atoms with Gasteiger partial charge < -0.3 is 10.5 Å². The number of halogens is 1. The standard InChI is InChI=1S/C13H16ClNO/c1-16-12-5-4-10(14)8-11(12)13(9-15)6-2-3-7-13/h2-5,8H,6-7,9,15H2,1H3. The number of methoxy groups -OCH3 is 1. The first-order valence-electron chi connectivity index (χ1n) is 5.41. The molecule has 0 radical (unpaired) electrons. The van der Waals surface area contributed by atoms with Crippen LogP contribution in [0, 0.1) is 0 Å². The predicted molar refractivity (Wildman–Crippen MR) is 67.1 cm³/mol. The highest BCUT2D eigenvalue weighted by Crippen LogP contribution is 2.41. The van der Waals surface area contributed by atoms with Gasteiger partial charge >= 0.3 is 0 Å². The number of allylic oxidation sites excluding steroid dienone is 2. The largest absolute Gasteiger partial charge is 0.496 e. The van der Waals surface area contributed by atoms with Crippen LogP contribution in [0.25, 0.3) is 0 Å². The third kappa shape index (κ3) is 1.83. The molecule has 0 saturated carbocycles. The molecule has 1 aliphatic rings. The van der Waals surface area contributed by atoms with Crippen LogP contribution >= 0.6 is 11.6 Å². The van der Waals surface area contributed by atoms with Crippen molar-refractivity contribution in [2.45, 2.75) is 18.3 Å². The van der Waals surface area contributed by atoms with Crippen molar-refractivity contribution < 1.29 is 4.74 Å². The molecular formula is C13H16ClNO. The molecule has 0 spiro atoms. The first kappa shape index (κ1) is 11.5. The molecule has 0 saturated heterocycles. The van der Waals surface area contributed by atoms with Gasteiger partial charge in [-0.2, -0.15) is 0 Å². The quantitative estimate of drug-likeness (QED) is 0.821. The summed E-state index contributed by atoms with van der Waals surface area (Å²) in [6.45, 7) is 0.608. The van der Waals surface area contributed by atoms with Gasteiger partial charge in [0, 0.05) is 22.5 Å². The Balaban J connectivity index is 2.48. The minimum Gasteiger partial charge on any atom is -0.496 e. The van der Waals surface area contributed by atoms with Gasteiger partial charge in [-0.3, -0.25) is 0 Å². The highest BCUT2D eigenvalue weighted by Gasteiger charge is 2.34. The van der Waals surface area contributed by atoms with Gasteiger partial charge in [0.05, 0.1) is 7.11 Å². The smallest absolute Gasteiger partial charge is 0.122 e. The molecule has 1 aromatic rings. The van der Waals surface area contributed by atoms with Gasteiger partial charge in [0.1, 0.15) is 5.75 Å². The lowest BCUT2D eigenvalue weighted by Crippen LogP contribution is -2.32. The van der Waals surface area contributed by atoms with Crippen LogP contribution in [0.2, 0.25) is 5.02 Å². The van der Waals surface area contributed by atoms with Crippen molar-refractivity contribution in [3.63, 3.8) is 0 Å². The Kier molecular flexibility index (Phi) is 3.22. The normalized spacial score (nSPS) is 17.7. The van der Waals surface area contributed by atoms with Crippen LogP contribution in [0.3, 0.4) is 0 Å². The van der Waals surface area contributed by atoms with Gasteiger partial charge in [-0.15, -0.1) is 0 Å². The summed E-state index contributed by atoms with van der Waals surface area (Å²) in [6, 6.07) is 5.73. The molecule has 2 rings (SSSR count). The van der Waals surface area contributed by atoms with Gasteiger partial charge in [-0.25, -0.2) is 0 Å². The summed E-state index contributed by atoms with van der Waals surface area (Å²) >= 11 is 6.05. The summed E-state index contributed by atoms with van der Waals surface area (Å²) in [4.78, 5) is 0. The molecule has 0 atom stereocenters. The molecule has 3 heteroatoms. The van der Waals surface area contributed by atoms with E-state index in [0.29, 0.717) is 6.54 Å². The van der Waals surface area contributed by atoms with Gasteiger partial charge in [0.25, 0.3) is 0 Å². The zero-order valence-electron chi connectivity index (χ0n) is 9.37. The highest BCUT2D eigenvalue weighted by atomic mass is 35.5. The van der Waals surface area contributed by atoms with Crippen LogP contribution in [0.4, 0.5) is 0 Å². The molecule has 0 bridgehead atoms. The SMILES string of the molecule is COc1ccc(Cl)cc1C1(CN)CC=CC1. The van der Waals surface area contributed by atoms with Crippen molar-refractivity contribution >= 4 is 11.6 Å². The van der Waals surface area contributed by atoms with Crippen LogP contribution in [-0.2, 0) is 5.41 Å². The number of hydrogen-bond acceptors (Lipinski definition) is 2. The number of benzene rings is 1. The van der Waals surface area contributed by atoms with E-state index in [4.69, 9.17) is 22.1 Å². The van der Waals surface area contributed by atoms with Crippen molar-refractivity contribution in [2.24, 2.45) is 5.73 Å². The van der Waals surface area contributed by atoms with E-state index in [2.05, 4.69) is 12.2 Å². The molecule has 0 aliphatic heterocycles. The Labute approximate surface area is 101 Å². The fraction of sp³-hybridized carbons (Fsp3) is 0.385. The Morgan fingerprint density at radius 1 is 1.38 bits per heavy atom. The fourth-order valence-corrected chi connectivity index (χ4v) is 2.46. The van der Waals surface area contributed by atoms with E-state index < -0.39 is 0 Å². The molecule has 1 aliphatic carbocycles. The summed E-state index contributed by atoms with van der Waals surface area (Å²) < 4.78 is 5.40. The minimum absolute atomic E-state index is 0.0315. The van der Waals surface area contributed by atoms with Crippen molar-refractivity contribution in [3.05, 3.63) is 40.9 Å². The Bertz CT molecular complexity index is 406. The van der Waals surface area contributed by atoms with Crippen LogP contribution < -0.4 is 10.5 Å². The predicted octanol–water partition coefficient (Wildman–Crippen LogP) is 2.90. The summed E-state index contributed by atoms with van der Waals surface area (Å²) in [5, 5.41) is 0.732. The lowest BCUT2D eigenvalue weighted by Gasteiger charge is -2.29. The van der Waals surface area contributed by atoms with Gasteiger partial charge in [-0.05, 0) is 31.0 Å². The number of rotatable bonds is 3. The first-order chi connectivity index (χ1) is 7.72. The van der Waals surface area contributed by atoms with E-state index in [1.165, 1.54) is 0 Å². The molecule has 0 unspecified atom stereocenters. The van der Waals surface area contributed by atoms with Gasteiger partial charge in [0.15, 0.2) is 0 Å². The zero-order chi connectivity index (χ0) is 11.6. The highest BCUT2D eigenvalue weighted by molar-refractivity contribution is 6.30. The van der Waals surface area contributed by atoms with Crippen LogP contribution in [-0.4, -0.2) is 13.7 Å². The van der Waals surface area contributed by atoms with Crippen molar-refractivity contribution in [1.82, 2.24) is 0 Å². The summed E-state index contributed by atoms with van der Waals surface area (Å²) in [7, 11) is 1.68. The topological polar surface area (TPSA) is 35.2 Å². The summed E-state index contributed by atoms with van der Waals surface area (Å²) in [6.07, 6.45) is 6.26. The third-order valence-corrected chi connectivity index (χ3v) is 3.54. The average Bonchev–Trinajstić information content (AvgIpc) is 2.78. The molecule has 2 N–H and O–H groups in total. The van der Waals surface area contributed by atoms with E-state index in [9.17, 15) is 0 Å². The Morgan fingerprint density at radius 3 is 2.62 bits per heavy atom. The molecule has 16 heavy (non-hydrogen) atoms. The molecule has 0 aromatic heterocycles. The number of ether oxygens (including phenoxy) is 1. The maximum absolute atomic E-state index is 6.05. The first-order valence-corrected chi connectivity index (χ1v) is 5.79. The minimum atomic E-state index is -0.0315. The average molecular weight is 238 g/mol. The second-order valence-electron chi connectivity index (χ2n) is 4.21. The van der Waals surface area contributed by atoms with Crippen molar-refractivity contribution in [2.75, 3.05) is 13.7 Å². The lowest BCUT2D eigenvalue weighted by molar-refractivity contribution is 0.382. The number of nitrogens with two attached hydrogens (primary N) is 1. The lowest BCUT2D eigenvalue weighted by atomic mass is 9.78. The second kappa shape index (κ2) is 4.48. The summed E-state index contributed by atoms with van der Waals surface area (Å²) in [5.41, 5.74) is 7.02. The van der Waals surface area contributed by atoms with Crippen LogP contribution in [0.5, 0.6) is 5.75 Å². The fourth-order valence-electron chi connectivity index (χ4n) is 2.29. The molecule has 0 heterocycles. The van der Waals surface area contributed by atoms with E-state index in [-0.39, 0.29) is 5.41 Å². The second-order valence-corrected chi connectivity index (χ2v) is 4.65. The maximum atomic E-state index is 6.05.